The van der Waals surface area contributed by atoms with Crippen LogP contribution < -0.4 is 10.6 Å². The van der Waals surface area contributed by atoms with Gasteiger partial charge in [0, 0.05) is 38.7 Å². The second kappa shape index (κ2) is 11.1. The molecule has 1 amide bonds. The van der Waals surface area contributed by atoms with Gasteiger partial charge in [0.25, 0.3) is 5.91 Å². The number of thiophene rings is 2. The molecule has 0 radical (unpaired) electrons. The Bertz CT molecular complexity index is 1310. The summed E-state index contributed by atoms with van der Waals surface area (Å²) in [5.41, 5.74) is 4.84. The van der Waals surface area contributed by atoms with Crippen molar-refractivity contribution in [3.05, 3.63) is 46.3 Å². The molecule has 1 aromatic carbocycles. The Balaban J connectivity index is 1.14. The van der Waals surface area contributed by atoms with Crippen molar-refractivity contribution in [2.45, 2.75) is 62.5 Å². The van der Waals surface area contributed by atoms with Crippen molar-refractivity contribution in [3.63, 3.8) is 0 Å². The highest BCUT2D eigenvalue weighted by atomic mass is 32.1. The summed E-state index contributed by atoms with van der Waals surface area (Å²) >= 11 is 3.56. The number of likely N-dealkylation sites (tertiary alicyclic amines) is 1. The molecule has 8 heteroatoms. The molecule has 1 aliphatic carbocycles. The summed E-state index contributed by atoms with van der Waals surface area (Å²) in [5.74, 6) is -0.203. The summed E-state index contributed by atoms with van der Waals surface area (Å²) in [5, 5.41) is 15.9. The Labute approximate surface area is 233 Å². The van der Waals surface area contributed by atoms with Crippen molar-refractivity contribution in [2.75, 3.05) is 39.8 Å². The predicted octanol–water partition coefficient (Wildman–Crippen LogP) is 4.86. The number of hydrogen-bond acceptors (Lipinski definition) is 7. The summed E-state index contributed by atoms with van der Waals surface area (Å²) in [6.07, 6.45) is 7.01. The fraction of sp³-hybridized carbons (Fsp3) is 0.533. The molecule has 2 saturated heterocycles. The van der Waals surface area contributed by atoms with Crippen LogP contribution >= 0.6 is 22.7 Å². The lowest BCUT2D eigenvalue weighted by molar-refractivity contribution is -0.133. The largest absolute Gasteiger partial charge is 0.367 e. The van der Waals surface area contributed by atoms with E-state index in [4.69, 9.17) is 4.74 Å². The lowest BCUT2D eigenvalue weighted by atomic mass is 9.73. The van der Waals surface area contributed by atoms with E-state index in [0.717, 1.165) is 24.3 Å². The van der Waals surface area contributed by atoms with Crippen LogP contribution in [0.15, 0.2) is 30.3 Å². The van der Waals surface area contributed by atoms with Crippen LogP contribution in [-0.2, 0) is 27.8 Å². The molecule has 200 valence electrons. The van der Waals surface area contributed by atoms with Gasteiger partial charge in [-0.05, 0) is 106 Å². The Morgan fingerprint density at radius 3 is 2.87 bits per heavy atom. The maximum absolute atomic E-state index is 12.7. The molecule has 3 aliphatic rings. The summed E-state index contributed by atoms with van der Waals surface area (Å²) in [4.78, 5) is 17.6. The highest BCUT2D eigenvalue weighted by Gasteiger charge is 2.40. The molecule has 6 nitrogen and oxygen atoms in total. The van der Waals surface area contributed by atoms with Gasteiger partial charge in [-0.1, -0.05) is 12.1 Å². The van der Waals surface area contributed by atoms with Gasteiger partial charge in [-0.25, -0.2) is 0 Å². The van der Waals surface area contributed by atoms with Crippen molar-refractivity contribution in [2.24, 2.45) is 0 Å². The van der Waals surface area contributed by atoms with Crippen molar-refractivity contribution in [3.8, 4) is 16.5 Å². The molecule has 0 bridgehead atoms. The van der Waals surface area contributed by atoms with Gasteiger partial charge in [0.15, 0.2) is 0 Å². The van der Waals surface area contributed by atoms with E-state index in [1.54, 1.807) is 22.5 Å². The molecule has 3 aromatic rings. The smallest absolute Gasteiger partial charge is 0.251 e. The minimum atomic E-state index is -0.564. The highest BCUT2D eigenvalue weighted by molar-refractivity contribution is 7.29. The van der Waals surface area contributed by atoms with Crippen LogP contribution in [0.1, 0.15) is 48.1 Å². The average molecular weight is 549 g/mol. The quantitative estimate of drug-likeness (QED) is 0.476. The molecule has 2 aliphatic heterocycles. The molecule has 4 heterocycles. The molecule has 6 rings (SSSR count). The fourth-order valence-corrected chi connectivity index (χ4v) is 8.74. The van der Waals surface area contributed by atoms with Crippen LogP contribution in [0.4, 0.5) is 0 Å². The minimum absolute atomic E-state index is 0.203. The van der Waals surface area contributed by atoms with E-state index in [1.165, 1.54) is 58.6 Å². The monoisotopic (exact) mass is 548 g/mol. The summed E-state index contributed by atoms with van der Waals surface area (Å²) in [7, 11) is 2.24. The van der Waals surface area contributed by atoms with Crippen molar-refractivity contribution < 1.29 is 9.53 Å². The Hall–Kier alpha value is -2.28. The third-order valence-corrected chi connectivity index (χ3v) is 11.0. The number of aryl methyl sites for hydroxylation is 1. The standard InChI is InChI=1S/C30H36N4O2S2/c1-34-11-8-30(9-12-34)7-6-20-4-5-21(14-24(20)30)26-17-28-27(38-26)16-23(37-28)15-22(18-31)33-29(35)25-19-32-10-2-3-13-36-25/h4-5,14,16-17,22,25,32H,2-3,6-13,15,19H2,1H3,(H,33,35)/t22-,25-/m0/s1. The second-order valence-electron chi connectivity index (χ2n) is 11.2. The van der Waals surface area contributed by atoms with Gasteiger partial charge in [0.1, 0.15) is 12.1 Å². The van der Waals surface area contributed by atoms with Gasteiger partial charge in [-0.2, -0.15) is 5.26 Å². The number of nitriles is 1. The van der Waals surface area contributed by atoms with Gasteiger partial charge in [0.05, 0.1) is 6.07 Å². The average Bonchev–Trinajstić information content (AvgIpc) is 3.57. The van der Waals surface area contributed by atoms with E-state index in [1.807, 2.05) is 11.3 Å². The van der Waals surface area contributed by atoms with Crippen LogP contribution in [0, 0.1) is 11.3 Å². The molecular formula is C30H36N4O2S2. The van der Waals surface area contributed by atoms with Crippen LogP contribution in [0.25, 0.3) is 19.8 Å². The number of rotatable bonds is 5. The number of fused-ring (bicyclic) bond motifs is 3. The van der Waals surface area contributed by atoms with Crippen molar-refractivity contribution in [1.82, 2.24) is 15.5 Å². The zero-order valence-corrected chi connectivity index (χ0v) is 23.7. The van der Waals surface area contributed by atoms with Crippen molar-refractivity contribution in [1.29, 1.82) is 5.26 Å². The molecule has 1 spiro atoms. The fourth-order valence-electron chi connectivity index (χ4n) is 6.28. The first-order chi connectivity index (χ1) is 18.5. The van der Waals surface area contributed by atoms with Gasteiger partial charge in [-0.3, -0.25) is 4.79 Å². The number of piperidine rings is 1. The highest BCUT2D eigenvalue weighted by Crippen LogP contribution is 2.48. The maximum atomic E-state index is 12.7. The topological polar surface area (TPSA) is 77.4 Å². The predicted molar refractivity (Wildman–Crippen MR) is 155 cm³/mol. The number of benzene rings is 1. The van der Waals surface area contributed by atoms with E-state index in [2.05, 4.69) is 59.0 Å². The van der Waals surface area contributed by atoms with E-state index in [-0.39, 0.29) is 5.91 Å². The first-order valence-corrected chi connectivity index (χ1v) is 15.5. The van der Waals surface area contributed by atoms with Crippen LogP contribution in [0.5, 0.6) is 0 Å². The SMILES string of the molecule is CN1CCC2(CCc3ccc(-c4cc5sc(C[C@@H](C#N)NC(=O)[C@@H]6CNCCCCO6)cc5s4)cc32)CC1. The summed E-state index contributed by atoms with van der Waals surface area (Å²) < 4.78 is 8.23. The number of ether oxygens (including phenoxy) is 1. The van der Waals surface area contributed by atoms with E-state index < -0.39 is 12.1 Å². The lowest BCUT2D eigenvalue weighted by Crippen LogP contribution is -2.47. The Morgan fingerprint density at radius 1 is 1.21 bits per heavy atom. The molecule has 2 N–H and O–H groups in total. The third-order valence-electron chi connectivity index (χ3n) is 8.61. The zero-order valence-electron chi connectivity index (χ0n) is 22.1. The zero-order chi connectivity index (χ0) is 26.1. The molecule has 38 heavy (non-hydrogen) atoms. The van der Waals surface area contributed by atoms with Crippen LogP contribution in [-0.4, -0.2) is 62.8 Å². The molecule has 2 atom stereocenters. The first-order valence-electron chi connectivity index (χ1n) is 13.9. The molecule has 0 unspecified atom stereocenters. The normalized spacial score (nSPS) is 22.5. The number of hydrogen-bond donors (Lipinski definition) is 2. The maximum Gasteiger partial charge on any atom is 0.251 e. The lowest BCUT2D eigenvalue weighted by Gasteiger charge is -2.38. The van der Waals surface area contributed by atoms with Gasteiger partial charge >= 0.3 is 0 Å². The molecule has 2 aromatic heterocycles. The van der Waals surface area contributed by atoms with Gasteiger partial charge in [0.2, 0.25) is 0 Å². The number of amides is 1. The summed E-state index contributed by atoms with van der Waals surface area (Å²) in [6.45, 7) is 4.35. The van der Waals surface area contributed by atoms with Crippen LogP contribution in [0.2, 0.25) is 0 Å². The molecule has 2 fully saturated rings. The molecule has 0 saturated carbocycles. The number of nitrogens with zero attached hydrogens (tertiary/aromatic N) is 2. The Morgan fingerprint density at radius 2 is 2.05 bits per heavy atom. The number of carbonyl (C=O) groups is 1. The summed E-state index contributed by atoms with van der Waals surface area (Å²) in [6, 6.07) is 13.4. The minimum Gasteiger partial charge on any atom is -0.367 e. The van der Waals surface area contributed by atoms with Gasteiger partial charge in [-0.15, -0.1) is 22.7 Å². The van der Waals surface area contributed by atoms with Crippen LogP contribution in [0.3, 0.4) is 0 Å². The Kier molecular flexibility index (Phi) is 7.56. The van der Waals surface area contributed by atoms with E-state index in [9.17, 15) is 10.1 Å². The first kappa shape index (κ1) is 26.0. The van der Waals surface area contributed by atoms with Crippen molar-refractivity contribution >= 4 is 38.0 Å². The van der Waals surface area contributed by atoms with E-state index in [0.29, 0.717) is 25.0 Å². The van der Waals surface area contributed by atoms with Gasteiger partial charge < -0.3 is 20.3 Å². The second-order valence-corrected chi connectivity index (χ2v) is 13.4. The third kappa shape index (κ3) is 5.28. The number of carbonyl (C=O) groups excluding carboxylic acids is 1. The van der Waals surface area contributed by atoms with E-state index >= 15 is 0 Å². The molecular weight excluding hydrogens is 512 g/mol. The number of nitrogens with one attached hydrogen (secondary N) is 2.